The molecular formula is C62H113N21O22P4. The zero-order valence-corrected chi connectivity index (χ0v) is 65.0. The lowest BCUT2D eigenvalue weighted by molar-refractivity contribution is -0.142. The molecule has 9 rings (SSSR count). The van der Waals surface area contributed by atoms with Crippen LogP contribution in [-0.4, -0.2) is 328 Å². The summed E-state index contributed by atoms with van der Waals surface area (Å²) in [6, 6.07) is 4.23. The Morgan fingerprint density at radius 3 is 1.21 bits per heavy atom. The molecular weight excluding hydrogens is 1510 g/mol. The molecule has 9 heterocycles. The average Bonchev–Trinajstić information content (AvgIpc) is 0.779. The third-order valence-corrected chi connectivity index (χ3v) is 28.2. The van der Waals surface area contributed by atoms with Crippen molar-refractivity contribution in [2.75, 3.05) is 218 Å². The zero-order valence-electron chi connectivity index (χ0n) is 61.4. The normalized spacial score (nSPS) is 24.5. The second kappa shape index (κ2) is 40.2. The van der Waals surface area contributed by atoms with Crippen LogP contribution in [0.5, 0.6) is 0 Å². The van der Waals surface area contributed by atoms with Crippen molar-refractivity contribution in [3.8, 4) is 0 Å². The fourth-order valence-corrected chi connectivity index (χ4v) is 20.2. The highest BCUT2D eigenvalue weighted by molar-refractivity contribution is 7.54. The molecule has 618 valence electrons. The summed E-state index contributed by atoms with van der Waals surface area (Å²) >= 11 is 0. The molecule has 5 aliphatic heterocycles. The van der Waals surface area contributed by atoms with Crippen LogP contribution in [0.1, 0.15) is 66.6 Å². The molecule has 5 saturated heterocycles. The Kier molecular flexibility index (Phi) is 33.9. The molecule has 8 N–H and O–H groups in total. The van der Waals surface area contributed by atoms with Crippen molar-refractivity contribution in [3.63, 3.8) is 0 Å². The molecule has 0 bridgehead atoms. The molecule has 0 aliphatic carbocycles. The van der Waals surface area contributed by atoms with E-state index in [-0.39, 0.29) is 163 Å². The second-order valence-electron chi connectivity index (χ2n) is 26.7. The Morgan fingerprint density at radius 1 is 0.514 bits per heavy atom. The number of hydrogen-bond acceptors (Lipinski definition) is 29. The van der Waals surface area contributed by atoms with Gasteiger partial charge in [0.05, 0.1) is 104 Å². The van der Waals surface area contributed by atoms with Gasteiger partial charge in [0.1, 0.15) is 24.1 Å². The van der Waals surface area contributed by atoms with E-state index in [1.165, 1.54) is 120 Å². The van der Waals surface area contributed by atoms with Crippen LogP contribution in [0.2, 0.25) is 0 Å². The molecule has 12 atom stereocenters. The number of ether oxygens (including phenoxy) is 7. The number of nitrogens with zero attached hydrogens (tertiary/aromatic N) is 17. The Bertz CT molecular complexity index is 4150. The monoisotopic (exact) mass is 1630 g/mol. The van der Waals surface area contributed by atoms with Gasteiger partial charge < -0.3 is 78.5 Å². The van der Waals surface area contributed by atoms with Gasteiger partial charge >= 0.3 is 59.5 Å². The average molecular weight is 1630 g/mol. The first kappa shape index (κ1) is 92.0. The minimum Gasteiger partial charge on any atom is -0.447 e. The maximum Gasteiger partial charge on any atom is 0.409 e. The van der Waals surface area contributed by atoms with Crippen molar-refractivity contribution in [1.29, 1.82) is 0 Å². The van der Waals surface area contributed by atoms with E-state index < -0.39 is 134 Å². The van der Waals surface area contributed by atoms with E-state index in [4.69, 9.17) is 73.6 Å². The topological polar surface area (TPSA) is 477 Å². The van der Waals surface area contributed by atoms with Crippen molar-refractivity contribution in [3.05, 3.63) is 101 Å². The molecule has 0 spiro atoms. The number of nitrogen functional groups attached to an aromatic ring is 3. The molecule has 4 aromatic rings. The summed E-state index contributed by atoms with van der Waals surface area (Å²) in [5, 5.41) is 8.88. The number of carbonyl (C=O) groups excluding carboxylic acids is 1. The van der Waals surface area contributed by atoms with Crippen LogP contribution in [0.4, 0.5) is 22.2 Å². The largest absolute Gasteiger partial charge is 0.447 e. The molecule has 5 fully saturated rings. The highest BCUT2D eigenvalue weighted by Crippen LogP contribution is 2.59. The summed E-state index contributed by atoms with van der Waals surface area (Å²) in [4.78, 5) is 97.5. The van der Waals surface area contributed by atoms with Gasteiger partial charge in [-0.3, -0.25) is 51.2 Å². The molecule has 0 radical (unpaired) electrons. The maximum atomic E-state index is 16.1. The number of aromatic amines is 1. The number of rotatable bonds is 33. The van der Waals surface area contributed by atoms with Gasteiger partial charge in [-0.1, -0.05) is 22.3 Å². The van der Waals surface area contributed by atoms with Gasteiger partial charge in [-0.05, 0) is 95.4 Å². The van der Waals surface area contributed by atoms with Crippen molar-refractivity contribution in [2.24, 2.45) is 0 Å². The Morgan fingerprint density at radius 2 is 0.853 bits per heavy atom. The lowest BCUT2D eigenvalue weighted by atomic mass is 10.2. The SMILES string of the molecule is C.C.C.Cc1cn([C@H]2CN(P(=O)(OC[C@@H]3CN(P(=O)(OC[C@@H]4CN(C(C)C)C[C@H](n5ccc(N)nc5=O)O4)N(C)C)C[C@H](n4ccc(N)nc4=O)O3)N(C)C)C[C@@H](COP(=O)(N(C)C)N3C[C@@H](COP(=O)(N(C)C)N4CCN(C(=O)OCCOCCOCCO)CC4)O[C@@H](n4ccc(N)nc4=O)C3)O2)c(=O)[nH]c1=O. The number of morpholine rings is 4. The molecule has 47 heteroatoms. The summed E-state index contributed by atoms with van der Waals surface area (Å²) in [5.74, 6) is -0.123. The summed E-state index contributed by atoms with van der Waals surface area (Å²) in [7, 11) is -4.65. The van der Waals surface area contributed by atoms with Gasteiger partial charge in [0.2, 0.25) is 0 Å². The van der Waals surface area contributed by atoms with Gasteiger partial charge in [0.15, 0.2) is 24.9 Å². The Balaban J connectivity index is 0.00000619. The smallest absolute Gasteiger partial charge is 0.409 e. The molecule has 4 aromatic heterocycles. The quantitative estimate of drug-likeness (QED) is 0.0328. The van der Waals surface area contributed by atoms with Crippen molar-refractivity contribution in [1.82, 2.24) is 85.4 Å². The third-order valence-electron chi connectivity index (χ3n) is 18.0. The molecule has 0 aromatic carbocycles. The van der Waals surface area contributed by atoms with E-state index in [9.17, 15) is 28.8 Å². The van der Waals surface area contributed by atoms with E-state index in [1.807, 2.05) is 13.8 Å². The van der Waals surface area contributed by atoms with Gasteiger partial charge in [-0.25, -0.2) is 61.3 Å². The fourth-order valence-electron chi connectivity index (χ4n) is 12.3. The maximum absolute atomic E-state index is 16.1. The van der Waals surface area contributed by atoms with Crippen LogP contribution in [0.25, 0.3) is 0 Å². The number of aromatic nitrogens is 8. The number of carbonyl (C=O) groups is 1. The van der Waals surface area contributed by atoms with Crippen molar-refractivity contribution in [2.45, 2.75) is 98.4 Å². The Hall–Kier alpha value is -5.89. The van der Waals surface area contributed by atoms with Gasteiger partial charge in [0, 0.05) is 95.3 Å². The van der Waals surface area contributed by atoms with E-state index in [0.29, 0.717) is 13.1 Å². The van der Waals surface area contributed by atoms with Gasteiger partial charge in [0.25, 0.3) is 5.56 Å². The first-order chi connectivity index (χ1) is 50.1. The Labute approximate surface area is 634 Å². The summed E-state index contributed by atoms with van der Waals surface area (Å²) in [5.41, 5.74) is 14.0. The number of nitrogens with two attached hydrogens (primary N) is 3. The number of hydrogen-bond donors (Lipinski definition) is 5. The number of aryl methyl sites for hydroxylation is 1. The minimum absolute atomic E-state index is 0. The number of nitrogens with one attached hydrogen (secondary N) is 1. The van der Waals surface area contributed by atoms with Crippen molar-refractivity contribution >= 4 is 54.2 Å². The fraction of sp³-hybridized carbons (Fsp3) is 0.726. The summed E-state index contributed by atoms with van der Waals surface area (Å²) in [6.45, 7) is 3.97. The number of aliphatic hydroxyl groups excluding tert-OH is 1. The molecule has 0 saturated carbocycles. The first-order valence-corrected chi connectivity index (χ1v) is 40.4. The van der Waals surface area contributed by atoms with Gasteiger partial charge in [-0.2, -0.15) is 15.0 Å². The lowest BCUT2D eigenvalue weighted by Gasteiger charge is -2.46. The molecule has 4 unspecified atom stereocenters. The van der Waals surface area contributed by atoms with E-state index in [1.54, 1.807) is 32.9 Å². The van der Waals surface area contributed by atoms with Gasteiger partial charge in [-0.15, -0.1) is 0 Å². The van der Waals surface area contributed by atoms with E-state index >= 15 is 18.3 Å². The predicted octanol–water partition coefficient (Wildman–Crippen LogP) is 1.00. The number of anilines is 3. The number of aliphatic hydroxyl groups is 1. The van der Waals surface area contributed by atoms with Crippen LogP contribution in [0.3, 0.4) is 0 Å². The predicted molar refractivity (Wildman–Crippen MR) is 404 cm³/mol. The van der Waals surface area contributed by atoms with Crippen molar-refractivity contribution < 1.29 is 79.4 Å². The second-order valence-corrected chi connectivity index (χ2v) is 37.1. The van der Waals surface area contributed by atoms with Crippen LogP contribution in [0.15, 0.2) is 67.0 Å². The van der Waals surface area contributed by atoms with Crippen LogP contribution < -0.4 is 45.5 Å². The summed E-state index contributed by atoms with van der Waals surface area (Å²) < 4.78 is 147. The first-order valence-electron chi connectivity index (χ1n) is 34.3. The highest BCUT2D eigenvalue weighted by Gasteiger charge is 2.50. The lowest BCUT2D eigenvalue weighted by Crippen LogP contribution is -2.52. The third kappa shape index (κ3) is 22.5. The number of piperazine rings is 1. The summed E-state index contributed by atoms with van der Waals surface area (Å²) in [6.07, 6.45) is -3.96. The number of H-pyrrole nitrogens is 1. The molecule has 109 heavy (non-hydrogen) atoms. The van der Waals surface area contributed by atoms with E-state index in [0.717, 1.165) is 13.7 Å². The molecule has 5 aliphatic rings. The zero-order chi connectivity index (χ0) is 77.2. The van der Waals surface area contributed by atoms with Crippen LogP contribution >= 0.6 is 30.7 Å². The minimum atomic E-state index is -4.41. The van der Waals surface area contributed by atoms with Crippen LogP contribution in [-0.2, 0) is 69.5 Å². The van der Waals surface area contributed by atoms with Crippen LogP contribution in [0, 0.1) is 6.92 Å². The van der Waals surface area contributed by atoms with E-state index in [2.05, 4.69) is 24.8 Å². The standard InChI is InChI=1S/C59H101N21O22P4.3CH4/c1-41(2)72-29-43(99-50(33-72)77-15-12-47(60)63-55(77)83)37-96-104(89,68(6)7)74-31-45(101-52(34-74)79-17-14-49(62)65-57(79)85)39-97-106(91,70(10)11)76-32-46(102-53(36-76)80-28-42(3)54(82)66-58(80)86)40-98-105(90,69(8)9)75-30-44(100-51(35-75)78-16-13-48(61)64-56(78)84)38-95-103(88,67(4)5)73-20-18-71(19-21-73)59(87)94-27-26-93-25-24-92-23-22-81;;;/h12-17,28,41,43-46,50-53,81H,18-27,29-40H2,1-11H3,(H2,60,63,83)(H2,61,64,84)(H2,62,65,85)(H,66,82,86);3*1H4/t43-,44-,45-,46-,50+,51+,52+,53+,103?,104?,105?,106?;;;/m0.../s1. The number of amides is 1. The molecule has 1 amide bonds. The highest BCUT2D eigenvalue weighted by atomic mass is 31.2. The molecule has 43 nitrogen and oxygen atoms in total.